The van der Waals surface area contributed by atoms with Crippen LogP contribution in [-0.2, 0) is 18.8 Å². The van der Waals surface area contributed by atoms with Crippen LogP contribution in [0.15, 0.2) is 36.4 Å². The number of hydrogen-bond donors (Lipinski definition) is 0. The molecular weight excluding hydrogens is 343 g/mol. The van der Waals surface area contributed by atoms with Crippen molar-refractivity contribution in [2.24, 2.45) is 0 Å². The molecule has 1 unspecified atom stereocenters. The molecule has 1 heterocycles. The summed E-state index contributed by atoms with van der Waals surface area (Å²) in [5, 5.41) is 2.08. The lowest BCUT2D eigenvalue weighted by atomic mass is 9.65. The summed E-state index contributed by atoms with van der Waals surface area (Å²) in [5.74, 6) is 0.0292. The fraction of sp³-hybridized carbons (Fsp3) is 0.476. The number of ether oxygens (including phenoxy) is 2. The van der Waals surface area contributed by atoms with Gasteiger partial charge in [0.05, 0.1) is 31.8 Å². The van der Waals surface area contributed by atoms with Gasteiger partial charge in [-0.25, -0.2) is 0 Å². The summed E-state index contributed by atoms with van der Waals surface area (Å²) in [6.07, 6.45) is 0.137. The summed E-state index contributed by atoms with van der Waals surface area (Å²) in [7, 11) is 2.44. The second kappa shape index (κ2) is 7.17. The van der Waals surface area contributed by atoms with Gasteiger partial charge in [0, 0.05) is 11.4 Å². The van der Waals surface area contributed by atoms with Gasteiger partial charge in [-0.1, -0.05) is 30.3 Å². The zero-order valence-electron chi connectivity index (χ0n) is 16.9. The second-order valence-electron chi connectivity index (χ2n) is 7.91. The highest BCUT2D eigenvalue weighted by atomic mass is 16.7. The first-order valence-electron chi connectivity index (χ1n) is 9.18. The van der Waals surface area contributed by atoms with Crippen molar-refractivity contribution >= 4 is 23.9 Å². The third-order valence-electron chi connectivity index (χ3n) is 5.74. The van der Waals surface area contributed by atoms with Crippen molar-refractivity contribution in [2.45, 2.75) is 51.1 Å². The Morgan fingerprint density at radius 2 is 1.67 bits per heavy atom. The summed E-state index contributed by atoms with van der Waals surface area (Å²) in [4.78, 5) is 12.2. The van der Waals surface area contributed by atoms with Crippen LogP contribution in [0.2, 0.25) is 0 Å². The highest BCUT2D eigenvalue weighted by Crippen LogP contribution is 2.45. The number of esters is 1. The Balaban J connectivity index is 2.15. The number of methoxy groups -OCH3 is 2. The highest BCUT2D eigenvalue weighted by molar-refractivity contribution is 6.48. The fourth-order valence-corrected chi connectivity index (χ4v) is 3.49. The Hall–Kier alpha value is -2.05. The summed E-state index contributed by atoms with van der Waals surface area (Å²) in [6, 6.07) is 12.0. The van der Waals surface area contributed by atoms with Gasteiger partial charge >= 0.3 is 13.1 Å². The molecule has 1 aliphatic heterocycles. The van der Waals surface area contributed by atoms with Crippen LogP contribution in [0.4, 0.5) is 0 Å². The summed E-state index contributed by atoms with van der Waals surface area (Å²) in [5.41, 5.74) is -0.0900. The van der Waals surface area contributed by atoms with E-state index >= 15 is 0 Å². The minimum Gasteiger partial charge on any atom is -0.496 e. The van der Waals surface area contributed by atoms with Crippen molar-refractivity contribution in [3.8, 4) is 5.75 Å². The minimum atomic E-state index is -0.589. The topological polar surface area (TPSA) is 54.0 Å². The van der Waals surface area contributed by atoms with Gasteiger partial charge in [-0.2, -0.15) is 0 Å². The van der Waals surface area contributed by atoms with Crippen molar-refractivity contribution in [1.29, 1.82) is 0 Å². The smallest absolute Gasteiger partial charge is 0.466 e. The van der Waals surface area contributed by atoms with Gasteiger partial charge in [0.2, 0.25) is 0 Å². The van der Waals surface area contributed by atoms with E-state index < -0.39 is 18.3 Å². The van der Waals surface area contributed by atoms with E-state index in [9.17, 15) is 4.79 Å². The van der Waals surface area contributed by atoms with E-state index in [1.165, 1.54) is 7.11 Å². The highest BCUT2D eigenvalue weighted by Gasteiger charge is 2.55. The predicted molar refractivity (Wildman–Crippen MR) is 106 cm³/mol. The number of hydrogen-bond acceptors (Lipinski definition) is 5. The Labute approximate surface area is 161 Å². The molecule has 2 aromatic rings. The molecule has 0 spiro atoms. The quantitative estimate of drug-likeness (QED) is 0.585. The molecule has 27 heavy (non-hydrogen) atoms. The fourth-order valence-electron chi connectivity index (χ4n) is 3.49. The van der Waals surface area contributed by atoms with E-state index in [0.29, 0.717) is 5.75 Å². The molecule has 0 bridgehead atoms. The number of fused-ring (bicyclic) bond motifs is 1. The lowest BCUT2D eigenvalue weighted by Gasteiger charge is -2.32. The Morgan fingerprint density at radius 1 is 1.04 bits per heavy atom. The molecule has 0 radical (unpaired) electrons. The number of carbonyl (C=O) groups is 1. The Morgan fingerprint density at radius 3 is 2.26 bits per heavy atom. The maximum absolute atomic E-state index is 12.2. The first-order chi connectivity index (χ1) is 12.7. The Bertz CT molecular complexity index is 830. The zero-order valence-corrected chi connectivity index (χ0v) is 16.9. The minimum absolute atomic E-state index is 0.137. The second-order valence-corrected chi connectivity index (χ2v) is 7.91. The molecule has 1 aliphatic rings. The molecule has 0 aromatic heterocycles. The van der Waals surface area contributed by atoms with Crippen molar-refractivity contribution in [3.63, 3.8) is 0 Å². The molecule has 6 heteroatoms. The summed E-state index contributed by atoms with van der Waals surface area (Å²) in [6.45, 7) is 8.01. The van der Waals surface area contributed by atoms with Crippen LogP contribution in [0.3, 0.4) is 0 Å². The van der Waals surface area contributed by atoms with E-state index in [1.54, 1.807) is 7.11 Å². The van der Waals surface area contributed by atoms with Gasteiger partial charge < -0.3 is 18.8 Å². The molecule has 0 aliphatic carbocycles. The SMILES string of the molecule is COC(=O)CC(B1OC(C)(C)C(C)(C)O1)c1c(OC)ccc2ccccc12. The van der Waals surface area contributed by atoms with Crippen LogP contribution in [0.25, 0.3) is 10.8 Å². The van der Waals surface area contributed by atoms with Gasteiger partial charge in [-0.3, -0.25) is 4.79 Å². The van der Waals surface area contributed by atoms with Crippen molar-refractivity contribution in [1.82, 2.24) is 0 Å². The molecule has 0 N–H and O–H groups in total. The maximum atomic E-state index is 12.2. The van der Waals surface area contributed by atoms with E-state index in [1.807, 2.05) is 64.1 Å². The van der Waals surface area contributed by atoms with Crippen LogP contribution in [0, 0.1) is 0 Å². The van der Waals surface area contributed by atoms with Crippen molar-refractivity contribution < 1.29 is 23.6 Å². The van der Waals surface area contributed by atoms with Crippen LogP contribution in [0.5, 0.6) is 5.75 Å². The monoisotopic (exact) mass is 370 g/mol. The summed E-state index contributed by atoms with van der Waals surface area (Å²) >= 11 is 0. The van der Waals surface area contributed by atoms with E-state index in [-0.39, 0.29) is 18.2 Å². The molecule has 1 atom stereocenters. The number of benzene rings is 2. The van der Waals surface area contributed by atoms with Gasteiger partial charge in [0.15, 0.2) is 0 Å². The van der Waals surface area contributed by atoms with Crippen LogP contribution in [0.1, 0.15) is 45.5 Å². The summed E-state index contributed by atoms with van der Waals surface area (Å²) < 4.78 is 23.2. The van der Waals surface area contributed by atoms with E-state index in [2.05, 4.69) is 0 Å². The lowest BCUT2D eigenvalue weighted by Crippen LogP contribution is -2.41. The predicted octanol–water partition coefficient (Wildman–Crippen LogP) is 4.13. The van der Waals surface area contributed by atoms with E-state index in [0.717, 1.165) is 16.3 Å². The number of carbonyl (C=O) groups excluding carboxylic acids is 1. The first kappa shape index (κ1) is 19.7. The van der Waals surface area contributed by atoms with E-state index in [4.69, 9.17) is 18.8 Å². The van der Waals surface area contributed by atoms with Crippen molar-refractivity contribution in [3.05, 3.63) is 42.0 Å². The van der Waals surface area contributed by atoms with Gasteiger partial charge in [-0.05, 0) is 44.5 Å². The molecule has 1 fully saturated rings. The zero-order chi connectivity index (χ0) is 19.8. The van der Waals surface area contributed by atoms with Crippen LogP contribution < -0.4 is 4.74 Å². The molecule has 0 amide bonds. The van der Waals surface area contributed by atoms with Crippen LogP contribution in [-0.4, -0.2) is 38.5 Å². The average molecular weight is 370 g/mol. The maximum Gasteiger partial charge on any atom is 0.466 e. The molecule has 5 nitrogen and oxygen atoms in total. The van der Waals surface area contributed by atoms with Gasteiger partial charge in [0.1, 0.15) is 5.75 Å². The molecular formula is C21H27BO5. The third kappa shape index (κ3) is 3.56. The lowest BCUT2D eigenvalue weighted by molar-refractivity contribution is -0.140. The normalized spacial score (nSPS) is 19.1. The average Bonchev–Trinajstić information content (AvgIpc) is 2.86. The molecule has 1 saturated heterocycles. The molecule has 3 rings (SSSR count). The Kier molecular flexibility index (Phi) is 5.23. The van der Waals surface area contributed by atoms with Gasteiger partial charge in [0.25, 0.3) is 0 Å². The number of rotatable bonds is 5. The van der Waals surface area contributed by atoms with Gasteiger partial charge in [-0.15, -0.1) is 0 Å². The molecule has 0 saturated carbocycles. The molecule has 144 valence electrons. The standard InChI is InChI=1S/C21H27BO5/c1-20(2)21(3,4)27-22(26-20)16(13-18(23)25-6)19-15-10-8-7-9-14(15)11-12-17(19)24-5/h7-12,16H,13H2,1-6H3. The van der Waals surface area contributed by atoms with Crippen LogP contribution >= 0.6 is 0 Å². The largest absolute Gasteiger partial charge is 0.496 e. The third-order valence-corrected chi connectivity index (χ3v) is 5.74. The first-order valence-corrected chi connectivity index (χ1v) is 9.18. The van der Waals surface area contributed by atoms with Crippen molar-refractivity contribution in [2.75, 3.05) is 14.2 Å². The molecule has 2 aromatic carbocycles.